The highest BCUT2D eigenvalue weighted by Gasteiger charge is 2.33. The molecule has 2 aliphatic rings. The monoisotopic (exact) mass is 496 g/mol. The van der Waals surface area contributed by atoms with Crippen LogP contribution in [0.15, 0.2) is 4.99 Å². The number of aliphatic imine (C=N–C) groups is 1. The number of hydrogen-bond acceptors (Lipinski definition) is 4. The second-order valence-corrected chi connectivity index (χ2v) is 8.28. The van der Waals surface area contributed by atoms with Gasteiger partial charge in [0.05, 0.1) is 18.8 Å². The van der Waals surface area contributed by atoms with Gasteiger partial charge in [-0.15, -0.1) is 24.0 Å². The zero-order chi connectivity index (χ0) is 18.9. The maximum Gasteiger partial charge on any atom is 0.191 e. The van der Waals surface area contributed by atoms with Crippen molar-refractivity contribution in [1.82, 2.24) is 15.5 Å². The lowest BCUT2D eigenvalue weighted by atomic mass is 9.84. The Bertz CT molecular complexity index is 434. The molecule has 7 heteroatoms. The second-order valence-electron chi connectivity index (χ2n) is 8.28. The summed E-state index contributed by atoms with van der Waals surface area (Å²) in [6.07, 6.45) is 7.23. The maximum atomic E-state index is 6.29. The first-order valence-corrected chi connectivity index (χ1v) is 10.4. The third-order valence-electron chi connectivity index (χ3n) is 5.73. The maximum absolute atomic E-state index is 6.29. The summed E-state index contributed by atoms with van der Waals surface area (Å²) in [6.45, 7) is 12.9. The smallest absolute Gasteiger partial charge is 0.191 e. The number of ether oxygens (including phenoxy) is 2. The van der Waals surface area contributed by atoms with E-state index in [2.05, 4.69) is 41.3 Å². The minimum atomic E-state index is -0.0222. The van der Waals surface area contributed by atoms with Gasteiger partial charge in [0.25, 0.3) is 0 Å². The Morgan fingerprint density at radius 1 is 1.15 bits per heavy atom. The quantitative estimate of drug-likeness (QED) is 0.308. The summed E-state index contributed by atoms with van der Waals surface area (Å²) in [6, 6.07) is 0. The molecule has 2 fully saturated rings. The van der Waals surface area contributed by atoms with Crippen molar-refractivity contribution in [3.05, 3.63) is 0 Å². The zero-order valence-corrected chi connectivity index (χ0v) is 20.1. The molecule has 0 aromatic heterocycles. The van der Waals surface area contributed by atoms with Crippen molar-refractivity contribution in [3.63, 3.8) is 0 Å². The molecule has 2 rings (SSSR count). The van der Waals surface area contributed by atoms with Crippen LogP contribution in [0.25, 0.3) is 0 Å². The molecule has 0 aromatic carbocycles. The number of rotatable bonds is 8. The van der Waals surface area contributed by atoms with Gasteiger partial charge in [-0.3, -0.25) is 9.89 Å². The number of nitrogens with zero attached hydrogens (tertiary/aromatic N) is 2. The highest BCUT2D eigenvalue weighted by Crippen LogP contribution is 2.31. The summed E-state index contributed by atoms with van der Waals surface area (Å²) < 4.78 is 11.8. The summed E-state index contributed by atoms with van der Waals surface area (Å²) in [5, 5.41) is 7.06. The molecule has 0 unspecified atom stereocenters. The summed E-state index contributed by atoms with van der Waals surface area (Å²) in [5.41, 5.74) is 0.0498. The molecule has 1 saturated carbocycles. The molecular weight excluding hydrogens is 455 g/mol. The minimum Gasteiger partial charge on any atom is -0.379 e. The molecule has 1 aliphatic heterocycles. The first-order valence-electron chi connectivity index (χ1n) is 10.4. The normalized spacial score (nSPS) is 21.4. The van der Waals surface area contributed by atoms with Crippen LogP contribution in [0.1, 0.15) is 59.3 Å². The van der Waals surface area contributed by atoms with Gasteiger partial charge in [0, 0.05) is 45.4 Å². The summed E-state index contributed by atoms with van der Waals surface area (Å²) >= 11 is 0. The van der Waals surface area contributed by atoms with Crippen LogP contribution < -0.4 is 10.6 Å². The Labute approximate surface area is 183 Å². The highest BCUT2D eigenvalue weighted by atomic mass is 127. The van der Waals surface area contributed by atoms with Crippen molar-refractivity contribution in [2.24, 2.45) is 4.99 Å². The fourth-order valence-electron chi connectivity index (χ4n) is 3.93. The Kier molecular flexibility index (Phi) is 11.5. The zero-order valence-electron chi connectivity index (χ0n) is 17.8. The Morgan fingerprint density at radius 2 is 1.81 bits per heavy atom. The van der Waals surface area contributed by atoms with E-state index in [0.29, 0.717) is 0 Å². The molecule has 0 amide bonds. The first kappa shape index (κ1) is 24.9. The standard InChI is InChI=1S/C20H40N4O2.HI/c1-5-13-26-20(9-7-6-8-10-20)17-23-18(21-4)22-16-19(2,3)24-11-14-25-15-12-24;/h5-17H2,1-4H3,(H2,21,22,23);1H. The molecule has 0 spiro atoms. The number of morpholine rings is 1. The molecule has 2 N–H and O–H groups in total. The van der Waals surface area contributed by atoms with Crippen molar-refractivity contribution in [2.75, 3.05) is 53.0 Å². The van der Waals surface area contributed by atoms with Crippen LogP contribution >= 0.6 is 24.0 Å². The molecular formula is C20H41IN4O2. The van der Waals surface area contributed by atoms with Crippen molar-refractivity contribution < 1.29 is 9.47 Å². The van der Waals surface area contributed by atoms with Gasteiger partial charge in [0.15, 0.2) is 5.96 Å². The van der Waals surface area contributed by atoms with E-state index in [0.717, 1.165) is 71.2 Å². The molecule has 1 aliphatic carbocycles. The molecule has 27 heavy (non-hydrogen) atoms. The number of hydrogen-bond donors (Lipinski definition) is 2. The molecule has 1 saturated heterocycles. The van der Waals surface area contributed by atoms with Gasteiger partial charge in [-0.1, -0.05) is 26.2 Å². The van der Waals surface area contributed by atoms with Crippen LogP contribution in [0, 0.1) is 0 Å². The number of nitrogens with one attached hydrogen (secondary N) is 2. The van der Waals surface area contributed by atoms with Crippen LogP contribution in [0.4, 0.5) is 0 Å². The van der Waals surface area contributed by atoms with Crippen molar-refractivity contribution in [3.8, 4) is 0 Å². The highest BCUT2D eigenvalue weighted by molar-refractivity contribution is 14.0. The summed E-state index contributed by atoms with van der Waals surface area (Å²) in [7, 11) is 1.84. The lowest BCUT2D eigenvalue weighted by Crippen LogP contribution is -2.57. The summed E-state index contributed by atoms with van der Waals surface area (Å²) in [5.74, 6) is 0.872. The Hall–Kier alpha value is -0.120. The van der Waals surface area contributed by atoms with Gasteiger partial charge < -0.3 is 20.1 Å². The number of halogens is 1. The predicted molar refractivity (Wildman–Crippen MR) is 123 cm³/mol. The fraction of sp³-hybridized carbons (Fsp3) is 0.950. The molecule has 0 bridgehead atoms. The third kappa shape index (κ3) is 8.03. The minimum absolute atomic E-state index is 0. The largest absolute Gasteiger partial charge is 0.379 e. The predicted octanol–water partition coefficient (Wildman–Crippen LogP) is 3.01. The van der Waals surface area contributed by atoms with Gasteiger partial charge in [-0.25, -0.2) is 0 Å². The molecule has 6 nitrogen and oxygen atoms in total. The van der Waals surface area contributed by atoms with Gasteiger partial charge in [0.1, 0.15) is 0 Å². The Morgan fingerprint density at radius 3 is 2.41 bits per heavy atom. The van der Waals surface area contributed by atoms with Gasteiger partial charge >= 0.3 is 0 Å². The average Bonchev–Trinajstić information content (AvgIpc) is 2.68. The Balaban J connectivity index is 0.00000364. The van der Waals surface area contributed by atoms with Gasteiger partial charge in [0.2, 0.25) is 0 Å². The topological polar surface area (TPSA) is 58.1 Å². The number of guanidine groups is 1. The van der Waals surface area contributed by atoms with E-state index in [1.54, 1.807) is 0 Å². The van der Waals surface area contributed by atoms with E-state index < -0.39 is 0 Å². The van der Waals surface area contributed by atoms with E-state index in [9.17, 15) is 0 Å². The fourth-order valence-corrected chi connectivity index (χ4v) is 3.93. The lowest BCUT2D eigenvalue weighted by molar-refractivity contribution is -0.0657. The van der Waals surface area contributed by atoms with Crippen LogP contribution in [-0.2, 0) is 9.47 Å². The molecule has 0 atom stereocenters. The average molecular weight is 496 g/mol. The van der Waals surface area contributed by atoms with Crippen LogP contribution in [0.3, 0.4) is 0 Å². The van der Waals surface area contributed by atoms with E-state index >= 15 is 0 Å². The van der Waals surface area contributed by atoms with Crippen molar-refractivity contribution in [1.29, 1.82) is 0 Å². The van der Waals surface area contributed by atoms with E-state index in [1.807, 2.05) is 7.05 Å². The van der Waals surface area contributed by atoms with Crippen LogP contribution in [0.2, 0.25) is 0 Å². The van der Waals surface area contributed by atoms with E-state index in [4.69, 9.17) is 9.47 Å². The summed E-state index contributed by atoms with van der Waals surface area (Å²) in [4.78, 5) is 6.92. The van der Waals surface area contributed by atoms with Crippen LogP contribution in [0.5, 0.6) is 0 Å². The van der Waals surface area contributed by atoms with E-state index in [-0.39, 0.29) is 35.1 Å². The van der Waals surface area contributed by atoms with Gasteiger partial charge in [-0.2, -0.15) is 0 Å². The van der Waals surface area contributed by atoms with Gasteiger partial charge in [-0.05, 0) is 33.1 Å². The molecule has 1 heterocycles. The van der Waals surface area contributed by atoms with Crippen LogP contribution in [-0.4, -0.2) is 75.0 Å². The van der Waals surface area contributed by atoms with E-state index in [1.165, 1.54) is 19.3 Å². The molecule has 160 valence electrons. The van der Waals surface area contributed by atoms with Crippen molar-refractivity contribution >= 4 is 29.9 Å². The second kappa shape index (κ2) is 12.4. The first-order chi connectivity index (χ1) is 12.5. The van der Waals surface area contributed by atoms with Crippen molar-refractivity contribution in [2.45, 2.75) is 70.4 Å². The SMILES string of the molecule is CCCOC1(CNC(=NC)NCC(C)(C)N2CCOCC2)CCCCC1.I. The third-order valence-corrected chi connectivity index (χ3v) is 5.73. The molecule has 0 radical (unpaired) electrons. The lowest BCUT2D eigenvalue weighted by Gasteiger charge is -2.41. The molecule has 0 aromatic rings.